The first-order valence-corrected chi connectivity index (χ1v) is 6.56. The maximum atomic E-state index is 12.1. The van der Waals surface area contributed by atoms with Crippen LogP contribution in [0.3, 0.4) is 0 Å². The van der Waals surface area contributed by atoms with Crippen LogP contribution in [0.2, 0.25) is 0 Å². The van der Waals surface area contributed by atoms with Crippen molar-refractivity contribution >= 4 is 16.0 Å². The number of para-hydroxylation sites is 1. The zero-order valence-electron chi connectivity index (χ0n) is 9.55. The molecule has 0 unspecified atom stereocenters. The Morgan fingerprint density at radius 1 is 1.37 bits per heavy atom. The highest BCUT2D eigenvalue weighted by molar-refractivity contribution is 7.89. The van der Waals surface area contributed by atoms with Crippen molar-refractivity contribution in [1.29, 1.82) is 0 Å². The highest BCUT2D eigenvalue weighted by Gasteiger charge is 2.20. The van der Waals surface area contributed by atoms with Crippen LogP contribution in [0.4, 0.5) is 8.78 Å². The lowest BCUT2D eigenvalue weighted by atomic mass is 10.3. The lowest BCUT2D eigenvalue weighted by Gasteiger charge is -2.11. The number of carboxylic acids is 1. The van der Waals surface area contributed by atoms with Gasteiger partial charge in [-0.1, -0.05) is 12.1 Å². The summed E-state index contributed by atoms with van der Waals surface area (Å²) in [7, 11) is -4.10. The molecule has 0 aliphatic heterocycles. The van der Waals surface area contributed by atoms with Crippen molar-refractivity contribution in [2.24, 2.45) is 0 Å². The fourth-order valence-corrected chi connectivity index (χ4v) is 2.40. The van der Waals surface area contributed by atoms with Gasteiger partial charge in [-0.05, 0) is 12.1 Å². The zero-order valence-corrected chi connectivity index (χ0v) is 10.4. The van der Waals surface area contributed by atoms with Crippen molar-refractivity contribution in [2.75, 3.05) is 6.54 Å². The SMILES string of the molecule is O=C(O)CCNS(=O)(=O)c1ccccc1OC(F)F. The van der Waals surface area contributed by atoms with E-state index in [0.29, 0.717) is 0 Å². The number of halogens is 2. The summed E-state index contributed by atoms with van der Waals surface area (Å²) in [6.45, 7) is -3.50. The first-order valence-electron chi connectivity index (χ1n) is 5.08. The Balaban J connectivity index is 2.91. The number of carboxylic acid groups (broad SMARTS) is 1. The molecule has 6 nitrogen and oxygen atoms in total. The molecule has 1 rings (SSSR count). The third-order valence-electron chi connectivity index (χ3n) is 1.99. The largest absolute Gasteiger partial charge is 0.481 e. The number of alkyl halides is 2. The summed E-state index contributed by atoms with van der Waals surface area (Å²) < 4.78 is 53.9. The van der Waals surface area contributed by atoms with Gasteiger partial charge in [-0.25, -0.2) is 13.1 Å². The number of benzene rings is 1. The first-order chi connectivity index (χ1) is 8.83. The van der Waals surface area contributed by atoms with E-state index < -0.39 is 39.7 Å². The smallest absolute Gasteiger partial charge is 0.387 e. The molecule has 2 N–H and O–H groups in total. The fraction of sp³-hybridized carbons (Fsp3) is 0.300. The number of rotatable bonds is 7. The summed E-state index contributed by atoms with van der Waals surface area (Å²) in [4.78, 5) is 9.80. The molecule has 0 amide bonds. The molecule has 0 aliphatic rings. The summed E-state index contributed by atoms with van der Waals surface area (Å²) >= 11 is 0. The third kappa shape index (κ3) is 4.79. The van der Waals surface area contributed by atoms with Gasteiger partial charge in [0.15, 0.2) is 0 Å². The van der Waals surface area contributed by atoms with Crippen molar-refractivity contribution in [3.05, 3.63) is 24.3 Å². The lowest BCUT2D eigenvalue weighted by molar-refractivity contribution is -0.136. The highest BCUT2D eigenvalue weighted by atomic mass is 32.2. The molecule has 0 saturated heterocycles. The Morgan fingerprint density at radius 3 is 2.58 bits per heavy atom. The number of aliphatic carboxylic acids is 1. The Bertz CT molecular complexity index is 547. The van der Waals surface area contributed by atoms with Gasteiger partial charge in [0.1, 0.15) is 10.6 Å². The van der Waals surface area contributed by atoms with E-state index in [1.165, 1.54) is 12.1 Å². The Labute approximate surface area is 108 Å². The second-order valence-electron chi connectivity index (χ2n) is 3.37. The van der Waals surface area contributed by atoms with Gasteiger partial charge in [-0.3, -0.25) is 4.79 Å². The number of hydrogen-bond donors (Lipinski definition) is 2. The minimum absolute atomic E-state index is 0.347. The van der Waals surface area contributed by atoms with E-state index in [1.807, 2.05) is 4.72 Å². The minimum Gasteiger partial charge on any atom is -0.481 e. The van der Waals surface area contributed by atoms with E-state index in [-0.39, 0.29) is 6.54 Å². The van der Waals surface area contributed by atoms with Gasteiger partial charge >= 0.3 is 12.6 Å². The summed E-state index contributed by atoms with van der Waals surface area (Å²) in [5.41, 5.74) is 0. The maximum absolute atomic E-state index is 12.1. The molecule has 19 heavy (non-hydrogen) atoms. The zero-order chi connectivity index (χ0) is 14.5. The second-order valence-corrected chi connectivity index (χ2v) is 5.10. The van der Waals surface area contributed by atoms with E-state index in [2.05, 4.69) is 4.74 Å². The summed E-state index contributed by atoms with van der Waals surface area (Å²) in [6, 6.07) is 4.84. The van der Waals surface area contributed by atoms with Gasteiger partial charge in [-0.2, -0.15) is 8.78 Å². The van der Waals surface area contributed by atoms with Crippen LogP contribution < -0.4 is 9.46 Å². The van der Waals surface area contributed by atoms with E-state index in [1.54, 1.807) is 0 Å². The molecule has 1 aromatic rings. The molecular formula is C10H11F2NO5S. The van der Waals surface area contributed by atoms with Crippen LogP contribution in [0.15, 0.2) is 29.2 Å². The minimum atomic E-state index is -4.10. The maximum Gasteiger partial charge on any atom is 0.387 e. The molecule has 0 aliphatic carbocycles. The van der Waals surface area contributed by atoms with Crippen molar-refractivity contribution in [3.63, 3.8) is 0 Å². The Morgan fingerprint density at radius 2 is 2.00 bits per heavy atom. The molecule has 0 atom stereocenters. The molecule has 0 heterocycles. The third-order valence-corrected chi connectivity index (χ3v) is 3.49. The van der Waals surface area contributed by atoms with E-state index in [0.717, 1.165) is 12.1 Å². The normalized spacial score (nSPS) is 11.5. The highest BCUT2D eigenvalue weighted by Crippen LogP contribution is 2.24. The van der Waals surface area contributed by atoms with Crippen molar-refractivity contribution < 1.29 is 31.8 Å². The Kier molecular flexibility index (Phi) is 5.19. The van der Waals surface area contributed by atoms with E-state index in [9.17, 15) is 22.0 Å². The van der Waals surface area contributed by atoms with E-state index >= 15 is 0 Å². The molecule has 0 aromatic heterocycles. The predicted octanol–water partition coefficient (Wildman–Crippen LogP) is 1.04. The fourth-order valence-electron chi connectivity index (χ4n) is 1.24. The van der Waals surface area contributed by atoms with Gasteiger partial charge in [0.25, 0.3) is 0 Å². The molecule has 0 radical (unpaired) electrons. The standard InChI is InChI=1S/C10H11F2NO5S/c11-10(12)18-7-3-1-2-4-8(7)19(16,17)13-6-5-9(14)15/h1-4,10,13H,5-6H2,(H,14,15). The summed E-state index contributed by atoms with van der Waals surface area (Å²) in [6.07, 6.45) is -0.420. The molecule has 1 aromatic carbocycles. The molecule has 106 valence electrons. The average Bonchev–Trinajstić information content (AvgIpc) is 2.27. The van der Waals surface area contributed by atoms with Crippen LogP contribution in [-0.2, 0) is 14.8 Å². The van der Waals surface area contributed by atoms with Gasteiger partial charge in [0.2, 0.25) is 10.0 Å². The number of hydrogen-bond acceptors (Lipinski definition) is 4. The number of ether oxygens (including phenoxy) is 1. The van der Waals surface area contributed by atoms with Crippen LogP contribution in [0.1, 0.15) is 6.42 Å². The van der Waals surface area contributed by atoms with Gasteiger partial charge in [0, 0.05) is 6.54 Å². The molecule has 9 heteroatoms. The molecule has 0 fully saturated rings. The average molecular weight is 295 g/mol. The predicted molar refractivity (Wildman–Crippen MR) is 60.5 cm³/mol. The second kappa shape index (κ2) is 6.43. The van der Waals surface area contributed by atoms with Crippen molar-refractivity contribution in [2.45, 2.75) is 17.9 Å². The van der Waals surface area contributed by atoms with Crippen molar-refractivity contribution in [3.8, 4) is 5.75 Å². The van der Waals surface area contributed by atoms with E-state index in [4.69, 9.17) is 5.11 Å². The number of sulfonamides is 1. The topological polar surface area (TPSA) is 92.7 Å². The van der Waals surface area contributed by atoms with Crippen LogP contribution in [0.25, 0.3) is 0 Å². The quantitative estimate of drug-likeness (QED) is 0.784. The van der Waals surface area contributed by atoms with Crippen molar-refractivity contribution in [1.82, 2.24) is 4.72 Å². The van der Waals surface area contributed by atoms with Crippen LogP contribution in [0, 0.1) is 0 Å². The van der Waals surface area contributed by atoms with Gasteiger partial charge in [-0.15, -0.1) is 0 Å². The van der Waals surface area contributed by atoms with Gasteiger partial charge < -0.3 is 9.84 Å². The van der Waals surface area contributed by atoms with Gasteiger partial charge in [0.05, 0.1) is 6.42 Å². The summed E-state index contributed by atoms with van der Waals surface area (Å²) in [5, 5.41) is 8.40. The van der Waals surface area contributed by atoms with Crippen LogP contribution in [0.5, 0.6) is 5.75 Å². The monoisotopic (exact) mass is 295 g/mol. The summed E-state index contributed by atoms with van der Waals surface area (Å²) in [5.74, 6) is -1.68. The molecular weight excluding hydrogens is 284 g/mol. The molecule has 0 bridgehead atoms. The lowest BCUT2D eigenvalue weighted by Crippen LogP contribution is -2.27. The first kappa shape index (κ1) is 15.3. The number of nitrogens with one attached hydrogen (secondary N) is 1. The molecule has 0 spiro atoms. The molecule has 0 saturated carbocycles. The van der Waals surface area contributed by atoms with Crippen LogP contribution >= 0.6 is 0 Å². The Hall–Kier alpha value is -1.74. The number of carbonyl (C=O) groups is 1. The van der Waals surface area contributed by atoms with Crippen LogP contribution in [-0.4, -0.2) is 32.6 Å².